The molecule has 0 bridgehead atoms. The number of hydrogen-bond acceptors (Lipinski definition) is 6. The highest BCUT2D eigenvalue weighted by atomic mass is 32.2. The second-order valence-corrected chi connectivity index (χ2v) is 6.23. The smallest absolute Gasteiger partial charge is 0.336 e. The van der Waals surface area contributed by atoms with Gasteiger partial charge in [-0.15, -0.1) is 11.8 Å². The minimum Gasteiger partial charge on any atom is -0.497 e. The number of hydrogen-bond donors (Lipinski definition) is 2. The van der Waals surface area contributed by atoms with E-state index < -0.39 is 17.3 Å². The zero-order valence-corrected chi connectivity index (χ0v) is 14.5. The Labute approximate surface area is 145 Å². The highest BCUT2D eigenvalue weighted by Crippen LogP contribution is 2.41. The largest absolute Gasteiger partial charge is 0.497 e. The first kappa shape index (κ1) is 18.2. The summed E-state index contributed by atoms with van der Waals surface area (Å²) in [6.07, 6.45) is -1.30. The highest BCUT2D eigenvalue weighted by Gasteiger charge is 2.30. The molecule has 128 valence electrons. The standard InChI is InChI=1S/C18H21NO4S/c1-3-23-18(21)16(20)17(12-8-10-13(22-2)11-9-12)24-15-7-5-4-6-14(15)19/h4-11,16-17,20H,3,19H2,1-2H3. The van der Waals surface area contributed by atoms with Gasteiger partial charge in [0.15, 0.2) is 6.10 Å². The molecule has 3 N–H and O–H groups in total. The maximum Gasteiger partial charge on any atom is 0.336 e. The van der Waals surface area contributed by atoms with E-state index in [9.17, 15) is 9.90 Å². The van der Waals surface area contributed by atoms with Crippen LogP contribution in [0.1, 0.15) is 17.7 Å². The normalized spacial score (nSPS) is 13.1. The number of aliphatic hydroxyl groups is 1. The van der Waals surface area contributed by atoms with Gasteiger partial charge in [-0.1, -0.05) is 24.3 Å². The van der Waals surface area contributed by atoms with Crippen molar-refractivity contribution in [1.82, 2.24) is 0 Å². The summed E-state index contributed by atoms with van der Waals surface area (Å²) < 4.78 is 10.1. The topological polar surface area (TPSA) is 81.8 Å². The molecular weight excluding hydrogens is 326 g/mol. The van der Waals surface area contributed by atoms with Crippen molar-refractivity contribution in [3.8, 4) is 5.75 Å². The van der Waals surface area contributed by atoms with E-state index in [4.69, 9.17) is 15.2 Å². The van der Waals surface area contributed by atoms with Crippen molar-refractivity contribution < 1.29 is 19.4 Å². The predicted octanol–water partition coefficient (Wildman–Crippen LogP) is 3.03. The van der Waals surface area contributed by atoms with E-state index >= 15 is 0 Å². The van der Waals surface area contributed by atoms with Crippen LogP contribution in [0.25, 0.3) is 0 Å². The second-order valence-electron chi connectivity index (χ2n) is 5.05. The van der Waals surface area contributed by atoms with Gasteiger partial charge in [0.2, 0.25) is 0 Å². The molecule has 0 saturated carbocycles. The molecule has 2 aromatic carbocycles. The number of rotatable bonds is 7. The molecule has 6 heteroatoms. The first-order valence-corrected chi connectivity index (χ1v) is 8.44. The molecule has 2 atom stereocenters. The van der Waals surface area contributed by atoms with Crippen molar-refractivity contribution in [2.75, 3.05) is 19.5 Å². The van der Waals surface area contributed by atoms with Gasteiger partial charge in [-0.2, -0.15) is 0 Å². The van der Waals surface area contributed by atoms with Crippen molar-refractivity contribution in [2.45, 2.75) is 23.2 Å². The zero-order chi connectivity index (χ0) is 17.5. The van der Waals surface area contributed by atoms with Gasteiger partial charge in [0, 0.05) is 10.6 Å². The maximum absolute atomic E-state index is 12.0. The first-order valence-electron chi connectivity index (χ1n) is 7.56. The zero-order valence-electron chi connectivity index (χ0n) is 13.6. The Morgan fingerprint density at radius 3 is 2.46 bits per heavy atom. The molecule has 0 aromatic heterocycles. The van der Waals surface area contributed by atoms with E-state index in [0.29, 0.717) is 11.4 Å². The third-order valence-corrected chi connectivity index (χ3v) is 4.84. The monoisotopic (exact) mass is 347 g/mol. The van der Waals surface area contributed by atoms with E-state index in [1.807, 2.05) is 30.3 Å². The fourth-order valence-electron chi connectivity index (χ4n) is 2.18. The number of benzene rings is 2. The molecule has 0 aliphatic rings. The lowest BCUT2D eigenvalue weighted by Gasteiger charge is -2.22. The molecule has 5 nitrogen and oxygen atoms in total. The first-order chi connectivity index (χ1) is 11.6. The Bertz CT molecular complexity index is 675. The average Bonchev–Trinajstić information content (AvgIpc) is 2.61. The summed E-state index contributed by atoms with van der Waals surface area (Å²) in [6, 6.07) is 14.5. The molecule has 24 heavy (non-hydrogen) atoms. The van der Waals surface area contributed by atoms with Gasteiger partial charge in [0.25, 0.3) is 0 Å². The molecular formula is C18H21NO4S. The Hall–Kier alpha value is -2.18. The van der Waals surface area contributed by atoms with Crippen molar-refractivity contribution >= 4 is 23.4 Å². The van der Waals surface area contributed by atoms with Crippen LogP contribution in [0, 0.1) is 0 Å². The molecule has 0 radical (unpaired) electrons. The van der Waals surface area contributed by atoms with Crippen LogP contribution >= 0.6 is 11.8 Å². The summed E-state index contributed by atoms with van der Waals surface area (Å²) in [5.41, 5.74) is 7.37. The molecule has 0 fully saturated rings. The lowest BCUT2D eigenvalue weighted by Crippen LogP contribution is -2.28. The number of nitrogen functional groups attached to an aromatic ring is 1. The van der Waals surface area contributed by atoms with Crippen LogP contribution in [0.15, 0.2) is 53.4 Å². The SMILES string of the molecule is CCOC(=O)C(O)C(Sc1ccccc1N)c1ccc(OC)cc1. The Kier molecular flexibility index (Phi) is 6.52. The van der Waals surface area contributed by atoms with Crippen LogP contribution in [0.4, 0.5) is 5.69 Å². The van der Waals surface area contributed by atoms with E-state index in [1.165, 1.54) is 11.8 Å². The predicted molar refractivity (Wildman–Crippen MR) is 95.1 cm³/mol. The summed E-state index contributed by atoms with van der Waals surface area (Å²) in [4.78, 5) is 12.8. The van der Waals surface area contributed by atoms with Gasteiger partial charge < -0.3 is 20.3 Å². The van der Waals surface area contributed by atoms with Crippen LogP contribution in [0.3, 0.4) is 0 Å². The van der Waals surface area contributed by atoms with E-state index in [1.54, 1.807) is 32.2 Å². The van der Waals surface area contributed by atoms with Crippen LogP contribution < -0.4 is 10.5 Å². The number of para-hydroxylation sites is 1. The van der Waals surface area contributed by atoms with E-state index in [-0.39, 0.29) is 6.61 Å². The molecule has 0 aliphatic heterocycles. The molecule has 0 aliphatic carbocycles. The van der Waals surface area contributed by atoms with Crippen molar-refractivity contribution in [2.24, 2.45) is 0 Å². The van der Waals surface area contributed by atoms with Crippen LogP contribution in [0.5, 0.6) is 5.75 Å². The molecule has 0 amide bonds. The van der Waals surface area contributed by atoms with Gasteiger partial charge in [0.1, 0.15) is 5.75 Å². The number of nitrogens with two attached hydrogens (primary N) is 1. The summed E-state index contributed by atoms with van der Waals surface area (Å²) in [7, 11) is 1.58. The fraction of sp³-hybridized carbons (Fsp3) is 0.278. The number of anilines is 1. The molecule has 0 saturated heterocycles. The Balaban J connectivity index is 2.32. The minimum atomic E-state index is -1.30. The Morgan fingerprint density at radius 1 is 1.21 bits per heavy atom. The van der Waals surface area contributed by atoms with Gasteiger partial charge in [-0.3, -0.25) is 0 Å². The number of methoxy groups -OCH3 is 1. The summed E-state index contributed by atoms with van der Waals surface area (Å²) in [5.74, 6) is 0.0488. The lowest BCUT2D eigenvalue weighted by atomic mass is 10.1. The van der Waals surface area contributed by atoms with Gasteiger partial charge in [-0.05, 0) is 36.8 Å². The number of thioether (sulfide) groups is 1. The van der Waals surface area contributed by atoms with Gasteiger partial charge in [0.05, 0.1) is 19.0 Å². The summed E-state index contributed by atoms with van der Waals surface area (Å²) in [6.45, 7) is 1.92. The number of esters is 1. The van der Waals surface area contributed by atoms with Crippen LogP contribution in [-0.2, 0) is 9.53 Å². The van der Waals surface area contributed by atoms with Crippen molar-refractivity contribution in [1.29, 1.82) is 0 Å². The molecule has 2 unspecified atom stereocenters. The average molecular weight is 347 g/mol. The van der Waals surface area contributed by atoms with Crippen molar-refractivity contribution in [3.63, 3.8) is 0 Å². The summed E-state index contributed by atoms with van der Waals surface area (Å²) >= 11 is 1.33. The molecule has 2 aromatic rings. The number of carbonyl (C=O) groups is 1. The van der Waals surface area contributed by atoms with Crippen LogP contribution in [-0.4, -0.2) is 30.9 Å². The van der Waals surface area contributed by atoms with Gasteiger partial charge in [-0.25, -0.2) is 4.79 Å². The quantitative estimate of drug-likeness (QED) is 0.455. The number of ether oxygens (including phenoxy) is 2. The van der Waals surface area contributed by atoms with Crippen molar-refractivity contribution in [3.05, 3.63) is 54.1 Å². The minimum absolute atomic E-state index is 0.212. The lowest BCUT2D eigenvalue weighted by molar-refractivity contribution is -0.153. The second kappa shape index (κ2) is 8.61. The maximum atomic E-state index is 12.0. The molecule has 0 spiro atoms. The molecule has 0 heterocycles. The molecule has 2 rings (SSSR count). The summed E-state index contributed by atoms with van der Waals surface area (Å²) in [5, 5.41) is 9.93. The number of aliphatic hydroxyl groups excluding tert-OH is 1. The number of carbonyl (C=O) groups excluding carboxylic acids is 1. The fourth-order valence-corrected chi connectivity index (χ4v) is 3.35. The third-order valence-electron chi connectivity index (χ3n) is 3.43. The van der Waals surface area contributed by atoms with Crippen LogP contribution in [0.2, 0.25) is 0 Å². The van der Waals surface area contributed by atoms with E-state index in [2.05, 4.69) is 0 Å². The highest BCUT2D eigenvalue weighted by molar-refractivity contribution is 7.99. The Morgan fingerprint density at radius 2 is 1.88 bits per heavy atom. The van der Waals surface area contributed by atoms with E-state index in [0.717, 1.165) is 10.5 Å². The third kappa shape index (κ3) is 4.43. The van der Waals surface area contributed by atoms with Gasteiger partial charge >= 0.3 is 5.97 Å².